The van der Waals surface area contributed by atoms with E-state index in [2.05, 4.69) is 40.4 Å². The maximum absolute atomic E-state index is 12.9. The summed E-state index contributed by atoms with van der Waals surface area (Å²) in [5.41, 5.74) is 9.48. The Bertz CT molecular complexity index is 580. The molecule has 1 saturated carbocycles. The molecule has 3 unspecified atom stereocenters. The van der Waals surface area contributed by atoms with Crippen LogP contribution in [-0.4, -0.2) is 18.0 Å². The van der Waals surface area contributed by atoms with Gasteiger partial charge in [0.1, 0.15) is 6.04 Å². The van der Waals surface area contributed by atoms with Crippen molar-refractivity contribution in [1.82, 2.24) is 16.2 Å². The summed E-state index contributed by atoms with van der Waals surface area (Å²) in [6, 6.07) is 9.17. The van der Waals surface area contributed by atoms with Crippen LogP contribution in [0.4, 0.5) is 0 Å². The van der Waals surface area contributed by atoms with Crippen LogP contribution in [0.25, 0.3) is 0 Å². The van der Waals surface area contributed by atoms with E-state index in [4.69, 9.17) is 0 Å². The number of carbonyl (C=O) groups is 1. The molecule has 3 N–H and O–H groups in total. The summed E-state index contributed by atoms with van der Waals surface area (Å²) in [5, 5.41) is 3.34. The second-order valence-corrected chi connectivity index (χ2v) is 7.70. The van der Waals surface area contributed by atoms with Crippen LogP contribution in [0, 0.1) is 5.92 Å². The SMILES string of the molecule is O=C(NC1CCCCCCC1)C1NNC2c3ccccc3CCC12. The van der Waals surface area contributed by atoms with Crippen LogP contribution in [0.3, 0.4) is 0 Å². The number of nitrogens with one attached hydrogen (secondary N) is 3. The quantitative estimate of drug-likeness (QED) is 0.783. The van der Waals surface area contributed by atoms with Crippen LogP contribution in [0.1, 0.15) is 68.5 Å². The highest BCUT2D eigenvalue weighted by atomic mass is 16.2. The Morgan fingerprint density at radius 2 is 1.71 bits per heavy atom. The molecule has 1 aliphatic heterocycles. The van der Waals surface area contributed by atoms with Gasteiger partial charge in [0.15, 0.2) is 0 Å². The predicted molar refractivity (Wildman–Crippen MR) is 95.3 cm³/mol. The highest BCUT2D eigenvalue weighted by Crippen LogP contribution is 2.38. The fourth-order valence-corrected chi connectivity index (χ4v) is 4.77. The fraction of sp³-hybridized carbons (Fsp3) is 0.650. The number of hydrogen-bond donors (Lipinski definition) is 3. The molecule has 0 aromatic heterocycles. The lowest BCUT2D eigenvalue weighted by Gasteiger charge is -2.30. The molecule has 130 valence electrons. The highest BCUT2D eigenvalue weighted by Gasteiger charge is 2.43. The minimum Gasteiger partial charge on any atom is -0.352 e. The van der Waals surface area contributed by atoms with E-state index < -0.39 is 0 Å². The largest absolute Gasteiger partial charge is 0.352 e. The van der Waals surface area contributed by atoms with Crippen molar-refractivity contribution in [2.24, 2.45) is 5.92 Å². The Labute approximate surface area is 144 Å². The van der Waals surface area contributed by atoms with Crippen LogP contribution >= 0.6 is 0 Å². The molecule has 2 fully saturated rings. The molecular formula is C20H29N3O. The van der Waals surface area contributed by atoms with E-state index >= 15 is 0 Å². The van der Waals surface area contributed by atoms with Gasteiger partial charge in [0, 0.05) is 12.0 Å². The van der Waals surface area contributed by atoms with E-state index in [-0.39, 0.29) is 18.0 Å². The normalized spacial score (nSPS) is 30.8. The molecule has 3 aliphatic rings. The van der Waals surface area contributed by atoms with Crippen LogP contribution < -0.4 is 16.2 Å². The molecule has 1 aromatic carbocycles. The van der Waals surface area contributed by atoms with Crippen molar-refractivity contribution in [2.75, 3.05) is 0 Å². The molecule has 1 saturated heterocycles. The fourth-order valence-electron chi connectivity index (χ4n) is 4.77. The van der Waals surface area contributed by atoms with E-state index in [1.807, 2.05) is 0 Å². The average Bonchev–Trinajstić information content (AvgIpc) is 3.01. The summed E-state index contributed by atoms with van der Waals surface area (Å²) in [6.07, 6.45) is 10.9. The van der Waals surface area contributed by atoms with E-state index in [1.54, 1.807) is 0 Å². The number of hydrazine groups is 1. The Morgan fingerprint density at radius 3 is 2.54 bits per heavy atom. The topological polar surface area (TPSA) is 53.2 Å². The van der Waals surface area contributed by atoms with E-state index in [9.17, 15) is 4.79 Å². The molecule has 3 atom stereocenters. The standard InChI is InChI=1S/C20H29N3O/c24-20(21-15-9-4-2-1-3-5-10-15)19-17-13-12-14-8-6-7-11-16(14)18(17)22-23-19/h6-8,11,15,17-19,22-23H,1-5,9-10,12-13H2,(H,21,24). The molecule has 1 amide bonds. The summed E-state index contributed by atoms with van der Waals surface area (Å²) < 4.78 is 0. The Balaban J connectivity index is 1.41. The van der Waals surface area contributed by atoms with Gasteiger partial charge in [0.25, 0.3) is 0 Å². The summed E-state index contributed by atoms with van der Waals surface area (Å²) in [7, 11) is 0. The lowest BCUT2D eigenvalue weighted by molar-refractivity contribution is -0.124. The van der Waals surface area contributed by atoms with Gasteiger partial charge >= 0.3 is 0 Å². The van der Waals surface area contributed by atoms with Crippen LogP contribution in [-0.2, 0) is 11.2 Å². The van der Waals surface area contributed by atoms with Gasteiger partial charge in [-0.25, -0.2) is 10.9 Å². The molecule has 4 nitrogen and oxygen atoms in total. The van der Waals surface area contributed by atoms with Gasteiger partial charge < -0.3 is 5.32 Å². The van der Waals surface area contributed by atoms with E-state index in [0.717, 1.165) is 25.7 Å². The number of aryl methyl sites for hydroxylation is 1. The van der Waals surface area contributed by atoms with Crippen molar-refractivity contribution >= 4 is 5.91 Å². The molecule has 0 radical (unpaired) electrons. The van der Waals surface area contributed by atoms with Crippen molar-refractivity contribution in [3.63, 3.8) is 0 Å². The minimum absolute atomic E-state index is 0.103. The first-order valence-electron chi connectivity index (χ1n) is 9.72. The molecule has 4 heteroatoms. The first kappa shape index (κ1) is 16.1. The van der Waals surface area contributed by atoms with Crippen molar-refractivity contribution in [3.05, 3.63) is 35.4 Å². The summed E-state index contributed by atoms with van der Waals surface area (Å²) in [4.78, 5) is 12.9. The highest BCUT2D eigenvalue weighted by molar-refractivity contribution is 5.83. The first-order chi connectivity index (χ1) is 11.8. The van der Waals surface area contributed by atoms with Crippen molar-refractivity contribution in [3.8, 4) is 0 Å². The number of hydrogen-bond acceptors (Lipinski definition) is 3. The zero-order chi connectivity index (χ0) is 16.4. The number of carbonyl (C=O) groups excluding carboxylic acids is 1. The predicted octanol–water partition coefficient (Wildman–Crippen LogP) is 3.00. The third kappa shape index (κ3) is 3.22. The molecule has 0 spiro atoms. The van der Waals surface area contributed by atoms with E-state index in [0.29, 0.717) is 12.0 Å². The van der Waals surface area contributed by atoms with Crippen LogP contribution in [0.15, 0.2) is 24.3 Å². The lowest BCUT2D eigenvalue weighted by Crippen LogP contribution is -2.49. The summed E-state index contributed by atoms with van der Waals surface area (Å²) in [6.45, 7) is 0. The summed E-state index contributed by atoms with van der Waals surface area (Å²) in [5.74, 6) is 0.549. The van der Waals surface area contributed by atoms with Crippen molar-refractivity contribution < 1.29 is 4.79 Å². The minimum atomic E-state index is -0.103. The third-order valence-electron chi connectivity index (χ3n) is 6.12. The molecule has 2 aliphatic carbocycles. The Kier molecular flexibility index (Phi) is 4.86. The average molecular weight is 327 g/mol. The number of benzene rings is 1. The molecule has 24 heavy (non-hydrogen) atoms. The van der Waals surface area contributed by atoms with Crippen LogP contribution in [0.5, 0.6) is 0 Å². The maximum Gasteiger partial charge on any atom is 0.239 e. The Morgan fingerprint density at radius 1 is 0.958 bits per heavy atom. The van der Waals surface area contributed by atoms with Crippen molar-refractivity contribution in [2.45, 2.75) is 75.9 Å². The van der Waals surface area contributed by atoms with Gasteiger partial charge in [-0.2, -0.15) is 0 Å². The summed E-state index contributed by atoms with van der Waals surface area (Å²) >= 11 is 0. The van der Waals surface area contributed by atoms with Gasteiger partial charge in [0.05, 0.1) is 6.04 Å². The lowest BCUT2D eigenvalue weighted by atomic mass is 9.77. The zero-order valence-corrected chi connectivity index (χ0v) is 14.4. The zero-order valence-electron chi connectivity index (χ0n) is 14.4. The van der Waals surface area contributed by atoms with Crippen LogP contribution in [0.2, 0.25) is 0 Å². The molecule has 1 heterocycles. The Hall–Kier alpha value is -1.39. The second-order valence-electron chi connectivity index (χ2n) is 7.70. The van der Waals surface area contributed by atoms with Gasteiger partial charge in [0.2, 0.25) is 5.91 Å². The van der Waals surface area contributed by atoms with E-state index in [1.165, 1.54) is 43.2 Å². The molecular weight excluding hydrogens is 298 g/mol. The molecule has 1 aromatic rings. The first-order valence-corrected chi connectivity index (χ1v) is 9.72. The monoisotopic (exact) mass is 327 g/mol. The smallest absolute Gasteiger partial charge is 0.239 e. The number of fused-ring (bicyclic) bond motifs is 3. The molecule has 4 rings (SSSR count). The second kappa shape index (κ2) is 7.24. The van der Waals surface area contributed by atoms with Gasteiger partial charge in [-0.15, -0.1) is 0 Å². The number of amides is 1. The number of rotatable bonds is 2. The van der Waals surface area contributed by atoms with Crippen molar-refractivity contribution in [1.29, 1.82) is 0 Å². The van der Waals surface area contributed by atoms with Gasteiger partial charge in [-0.3, -0.25) is 4.79 Å². The third-order valence-corrected chi connectivity index (χ3v) is 6.12. The molecule has 0 bridgehead atoms. The van der Waals surface area contributed by atoms with Gasteiger partial charge in [-0.05, 0) is 36.8 Å². The maximum atomic E-state index is 12.9. The van der Waals surface area contributed by atoms with Gasteiger partial charge in [-0.1, -0.05) is 56.4 Å².